The first-order valence-corrected chi connectivity index (χ1v) is 6.23. The van der Waals surface area contributed by atoms with Gasteiger partial charge in [0.25, 0.3) is 0 Å². The molecule has 0 saturated heterocycles. The molecule has 0 fully saturated rings. The van der Waals surface area contributed by atoms with Crippen LogP contribution in [0.25, 0.3) is 10.9 Å². The molecule has 6 heteroatoms. The summed E-state index contributed by atoms with van der Waals surface area (Å²) in [5.41, 5.74) is 6.61. The summed E-state index contributed by atoms with van der Waals surface area (Å²) in [6.45, 7) is 0. The number of nitrogens with zero attached hydrogens (tertiary/aromatic N) is 3. The lowest BCUT2D eigenvalue weighted by Gasteiger charge is -2.08. The van der Waals surface area contributed by atoms with Crippen LogP contribution in [0, 0.1) is 0 Å². The molecular formula is C15H12N4O2. The molecule has 6 nitrogen and oxygen atoms in total. The molecule has 0 radical (unpaired) electrons. The van der Waals surface area contributed by atoms with E-state index in [0.717, 1.165) is 10.9 Å². The molecule has 0 aliphatic rings. The number of hydrogen-bond acceptors (Lipinski definition) is 5. The largest absolute Gasteiger partial charge is 0.453 e. The summed E-state index contributed by atoms with van der Waals surface area (Å²) in [7, 11) is 0. The molecular weight excluding hydrogens is 268 g/mol. The van der Waals surface area contributed by atoms with E-state index in [1.54, 1.807) is 18.3 Å². The van der Waals surface area contributed by atoms with Crippen LogP contribution in [-0.4, -0.2) is 21.0 Å². The molecule has 1 aromatic carbocycles. The minimum absolute atomic E-state index is 0.0478. The van der Waals surface area contributed by atoms with Crippen LogP contribution in [0.3, 0.4) is 0 Å². The van der Waals surface area contributed by atoms with Crippen molar-refractivity contribution in [2.24, 2.45) is 10.9 Å². The number of rotatable bonds is 3. The van der Waals surface area contributed by atoms with Crippen molar-refractivity contribution in [3.8, 4) is 11.5 Å². The highest BCUT2D eigenvalue weighted by atomic mass is 16.5. The van der Waals surface area contributed by atoms with Gasteiger partial charge in [-0.2, -0.15) is 0 Å². The maximum absolute atomic E-state index is 8.59. The standard InChI is InChI=1S/C15H12N4O2/c16-15(19-20)12-7-6-11(9-18-12)21-13-5-1-3-10-4-2-8-17-14(10)13/h1-9,20H,(H2,16,19). The van der Waals surface area contributed by atoms with Gasteiger partial charge in [-0.05, 0) is 24.3 Å². The van der Waals surface area contributed by atoms with Crippen molar-refractivity contribution >= 4 is 16.7 Å². The zero-order chi connectivity index (χ0) is 14.7. The normalized spacial score (nSPS) is 11.5. The van der Waals surface area contributed by atoms with Gasteiger partial charge in [-0.25, -0.2) is 4.98 Å². The van der Waals surface area contributed by atoms with Crippen molar-refractivity contribution in [2.75, 3.05) is 0 Å². The van der Waals surface area contributed by atoms with Crippen LogP contribution in [0.1, 0.15) is 5.69 Å². The summed E-state index contributed by atoms with van der Waals surface area (Å²) in [4.78, 5) is 8.38. The van der Waals surface area contributed by atoms with Crippen LogP contribution in [-0.2, 0) is 0 Å². The molecule has 0 aliphatic carbocycles. The molecule has 3 N–H and O–H groups in total. The summed E-state index contributed by atoms with van der Waals surface area (Å²) < 4.78 is 5.79. The molecule has 0 aliphatic heterocycles. The van der Waals surface area contributed by atoms with Crippen LogP contribution < -0.4 is 10.5 Å². The summed E-state index contributed by atoms with van der Waals surface area (Å²) in [5, 5.41) is 12.5. The molecule has 0 amide bonds. The van der Waals surface area contributed by atoms with Gasteiger partial charge >= 0.3 is 0 Å². The monoisotopic (exact) mass is 280 g/mol. The molecule has 0 saturated carbocycles. The number of amidine groups is 1. The van der Waals surface area contributed by atoms with Crippen LogP contribution in [0.4, 0.5) is 0 Å². The van der Waals surface area contributed by atoms with E-state index >= 15 is 0 Å². The number of benzene rings is 1. The number of pyridine rings is 2. The smallest absolute Gasteiger partial charge is 0.188 e. The molecule has 0 unspecified atom stereocenters. The number of ether oxygens (including phenoxy) is 1. The number of fused-ring (bicyclic) bond motifs is 1. The van der Waals surface area contributed by atoms with E-state index in [2.05, 4.69) is 15.1 Å². The lowest BCUT2D eigenvalue weighted by atomic mass is 10.2. The van der Waals surface area contributed by atoms with Gasteiger partial charge in [0.05, 0.1) is 6.20 Å². The number of aromatic nitrogens is 2. The van der Waals surface area contributed by atoms with E-state index in [-0.39, 0.29) is 5.84 Å². The van der Waals surface area contributed by atoms with Gasteiger partial charge in [-0.1, -0.05) is 23.4 Å². The third-order valence-corrected chi connectivity index (χ3v) is 2.93. The quantitative estimate of drug-likeness (QED) is 0.333. The second-order valence-electron chi connectivity index (χ2n) is 4.30. The first-order valence-electron chi connectivity index (χ1n) is 6.23. The summed E-state index contributed by atoms with van der Waals surface area (Å²) >= 11 is 0. The van der Waals surface area contributed by atoms with Crippen molar-refractivity contribution in [3.05, 3.63) is 60.6 Å². The Morgan fingerprint density at radius 3 is 2.71 bits per heavy atom. The minimum atomic E-state index is -0.0478. The van der Waals surface area contributed by atoms with E-state index in [1.165, 1.54) is 6.20 Å². The van der Waals surface area contributed by atoms with Gasteiger partial charge in [0, 0.05) is 11.6 Å². The van der Waals surface area contributed by atoms with Gasteiger partial charge in [0.2, 0.25) is 0 Å². The van der Waals surface area contributed by atoms with E-state index in [9.17, 15) is 0 Å². The molecule has 2 heterocycles. The highest BCUT2D eigenvalue weighted by Gasteiger charge is 2.06. The van der Waals surface area contributed by atoms with Gasteiger partial charge in [0.1, 0.15) is 17.0 Å². The maximum Gasteiger partial charge on any atom is 0.188 e. The Hall–Kier alpha value is -3.15. The second kappa shape index (κ2) is 5.46. The maximum atomic E-state index is 8.59. The van der Waals surface area contributed by atoms with E-state index in [0.29, 0.717) is 17.2 Å². The third kappa shape index (κ3) is 2.59. The Balaban J connectivity index is 1.92. The molecule has 104 valence electrons. The summed E-state index contributed by atoms with van der Waals surface area (Å²) in [6.07, 6.45) is 3.23. The van der Waals surface area contributed by atoms with Crippen molar-refractivity contribution in [1.29, 1.82) is 0 Å². The SMILES string of the molecule is N/C(=N/O)c1ccc(Oc2cccc3cccnc23)cn1. The fourth-order valence-corrected chi connectivity index (χ4v) is 1.93. The molecule has 21 heavy (non-hydrogen) atoms. The fourth-order valence-electron chi connectivity index (χ4n) is 1.93. The number of nitrogens with two attached hydrogens (primary N) is 1. The lowest BCUT2D eigenvalue weighted by Crippen LogP contribution is -2.14. The average molecular weight is 280 g/mol. The van der Waals surface area contributed by atoms with E-state index in [4.69, 9.17) is 15.7 Å². The highest BCUT2D eigenvalue weighted by Crippen LogP contribution is 2.27. The molecule has 3 aromatic rings. The zero-order valence-electron chi connectivity index (χ0n) is 11.0. The Bertz CT molecular complexity index is 795. The number of oxime groups is 1. The molecule has 0 spiro atoms. The summed E-state index contributed by atoms with van der Waals surface area (Å²) in [5.74, 6) is 1.14. The molecule has 0 atom stereocenters. The van der Waals surface area contributed by atoms with Crippen LogP contribution in [0.2, 0.25) is 0 Å². The van der Waals surface area contributed by atoms with Gasteiger partial charge in [-0.15, -0.1) is 0 Å². The Morgan fingerprint density at radius 1 is 1.10 bits per heavy atom. The molecule has 2 aromatic heterocycles. The predicted molar refractivity (Wildman–Crippen MR) is 78.6 cm³/mol. The van der Waals surface area contributed by atoms with Crippen LogP contribution in [0.5, 0.6) is 11.5 Å². The van der Waals surface area contributed by atoms with Crippen molar-refractivity contribution in [3.63, 3.8) is 0 Å². The first-order chi connectivity index (χ1) is 10.3. The molecule has 0 bridgehead atoms. The van der Waals surface area contributed by atoms with Gasteiger partial charge in [-0.3, -0.25) is 4.98 Å². The van der Waals surface area contributed by atoms with E-state index < -0.39 is 0 Å². The topological polar surface area (TPSA) is 93.6 Å². The Labute approximate surface area is 120 Å². The Kier molecular flexibility index (Phi) is 3.34. The first kappa shape index (κ1) is 12.9. The average Bonchev–Trinajstić information content (AvgIpc) is 2.55. The second-order valence-corrected chi connectivity index (χ2v) is 4.30. The van der Waals surface area contributed by atoms with Gasteiger partial charge < -0.3 is 15.7 Å². The zero-order valence-corrected chi connectivity index (χ0v) is 11.0. The van der Waals surface area contributed by atoms with Crippen LogP contribution >= 0.6 is 0 Å². The van der Waals surface area contributed by atoms with Crippen molar-refractivity contribution < 1.29 is 9.94 Å². The number of hydrogen-bond donors (Lipinski definition) is 2. The molecule has 3 rings (SSSR count). The van der Waals surface area contributed by atoms with Gasteiger partial charge in [0.15, 0.2) is 11.6 Å². The minimum Gasteiger partial charge on any atom is -0.453 e. The number of para-hydroxylation sites is 1. The lowest BCUT2D eigenvalue weighted by molar-refractivity contribution is 0.318. The van der Waals surface area contributed by atoms with E-state index in [1.807, 2.05) is 30.3 Å². The highest BCUT2D eigenvalue weighted by molar-refractivity contribution is 5.95. The predicted octanol–water partition coefficient (Wildman–Crippen LogP) is 2.52. The third-order valence-electron chi connectivity index (χ3n) is 2.93. The Morgan fingerprint density at radius 2 is 1.95 bits per heavy atom. The summed E-state index contributed by atoms with van der Waals surface area (Å²) in [6, 6.07) is 12.9. The van der Waals surface area contributed by atoms with Crippen LogP contribution in [0.15, 0.2) is 60.0 Å². The van der Waals surface area contributed by atoms with Crippen molar-refractivity contribution in [2.45, 2.75) is 0 Å². The fraction of sp³-hybridized carbons (Fsp3) is 0. The van der Waals surface area contributed by atoms with Crippen molar-refractivity contribution in [1.82, 2.24) is 9.97 Å².